The topological polar surface area (TPSA) is 55.8 Å². The summed E-state index contributed by atoms with van der Waals surface area (Å²) < 4.78 is 11.2. The van der Waals surface area contributed by atoms with E-state index in [-0.39, 0.29) is 11.9 Å². The number of unbranched alkanes of at least 4 members (excludes halogenated alkanes) is 22. The van der Waals surface area contributed by atoms with Crippen LogP contribution in [0.1, 0.15) is 200 Å². The van der Waals surface area contributed by atoms with E-state index in [0.717, 1.165) is 51.4 Å². The lowest BCUT2D eigenvalue weighted by atomic mass is 10.1. The lowest BCUT2D eigenvalue weighted by Crippen LogP contribution is -2.28. The van der Waals surface area contributed by atoms with Gasteiger partial charge in [0.15, 0.2) is 0 Å². The van der Waals surface area contributed by atoms with E-state index in [1.807, 2.05) is 19.0 Å². The summed E-state index contributed by atoms with van der Waals surface area (Å²) in [6.07, 6.45) is 41.8. The smallest absolute Gasteiger partial charge is 0.308 e. The predicted molar refractivity (Wildman–Crippen MR) is 198 cm³/mol. The maximum Gasteiger partial charge on any atom is 0.308 e. The van der Waals surface area contributed by atoms with Gasteiger partial charge in [-0.15, -0.1) is 0 Å². The largest absolute Gasteiger partial charge is 0.425 e. The number of allylic oxidation sites excluding steroid dienone is 4. The van der Waals surface area contributed by atoms with Crippen LogP contribution in [0.3, 0.4) is 0 Å². The summed E-state index contributed by atoms with van der Waals surface area (Å²) in [6, 6.07) is 0. The van der Waals surface area contributed by atoms with Gasteiger partial charge in [0.1, 0.15) is 0 Å². The van der Waals surface area contributed by atoms with Gasteiger partial charge < -0.3 is 14.4 Å². The minimum Gasteiger partial charge on any atom is -0.425 e. The maximum absolute atomic E-state index is 12.5. The minimum atomic E-state index is -0.784. The highest BCUT2D eigenvalue weighted by molar-refractivity contribution is 5.71. The first-order chi connectivity index (χ1) is 22.5. The van der Waals surface area contributed by atoms with Crippen molar-refractivity contribution in [3.8, 4) is 0 Å². The molecule has 0 radical (unpaired) electrons. The van der Waals surface area contributed by atoms with Gasteiger partial charge in [0.25, 0.3) is 0 Å². The van der Waals surface area contributed by atoms with E-state index in [9.17, 15) is 9.59 Å². The third-order valence-corrected chi connectivity index (χ3v) is 8.62. The Hall–Kier alpha value is -1.62. The zero-order valence-electron chi connectivity index (χ0n) is 31.2. The van der Waals surface area contributed by atoms with Gasteiger partial charge in [-0.1, -0.05) is 141 Å². The maximum atomic E-state index is 12.5. The summed E-state index contributed by atoms with van der Waals surface area (Å²) in [5.41, 5.74) is 0. The molecule has 0 fully saturated rings. The summed E-state index contributed by atoms with van der Waals surface area (Å²) in [6.45, 7) is 5.23. The van der Waals surface area contributed by atoms with Crippen molar-refractivity contribution in [2.45, 2.75) is 206 Å². The van der Waals surface area contributed by atoms with E-state index in [1.54, 1.807) is 0 Å². The second-order valence-electron chi connectivity index (χ2n) is 13.7. The van der Waals surface area contributed by atoms with Crippen molar-refractivity contribution in [1.29, 1.82) is 0 Å². The van der Waals surface area contributed by atoms with E-state index in [2.05, 4.69) is 38.2 Å². The lowest BCUT2D eigenvalue weighted by Gasteiger charge is -2.20. The van der Waals surface area contributed by atoms with Gasteiger partial charge in [-0.25, -0.2) is 0 Å². The Labute approximate surface area is 286 Å². The fourth-order valence-corrected chi connectivity index (χ4v) is 5.60. The highest BCUT2D eigenvalue weighted by atomic mass is 16.7. The van der Waals surface area contributed by atoms with Crippen LogP contribution in [0.4, 0.5) is 0 Å². The molecule has 0 aliphatic heterocycles. The fraction of sp³-hybridized carbons (Fsp3) is 0.854. The molecule has 0 rings (SSSR count). The summed E-state index contributed by atoms with van der Waals surface area (Å²) in [4.78, 5) is 27.0. The van der Waals surface area contributed by atoms with Crippen LogP contribution in [0.15, 0.2) is 24.3 Å². The molecular weight excluding hydrogens is 570 g/mol. The molecule has 0 amide bonds. The molecule has 0 aromatic carbocycles. The van der Waals surface area contributed by atoms with Crippen molar-refractivity contribution < 1.29 is 19.1 Å². The third kappa shape index (κ3) is 35.2. The Morgan fingerprint density at radius 1 is 0.478 bits per heavy atom. The average Bonchev–Trinajstić information content (AvgIpc) is 3.03. The molecule has 0 unspecified atom stereocenters. The second-order valence-corrected chi connectivity index (χ2v) is 13.7. The van der Waals surface area contributed by atoms with Crippen LogP contribution in [-0.4, -0.2) is 43.8 Å². The standard InChI is InChI=1S/C41H77NO4/c1-5-7-9-11-13-15-17-19-21-23-25-27-29-31-33-35-39(43)45-41(37-38-42(3)4)46-40(44)36-34-32-30-28-26-24-22-20-18-16-14-12-10-8-6-2/h19-22,41H,5-18,23-38H2,1-4H3/b21-19-,22-20-. The molecule has 0 aromatic heterocycles. The molecule has 46 heavy (non-hydrogen) atoms. The molecular formula is C41H77NO4. The van der Waals surface area contributed by atoms with Gasteiger partial charge in [0.05, 0.1) is 0 Å². The summed E-state index contributed by atoms with van der Waals surface area (Å²) in [5, 5.41) is 0. The molecule has 0 aliphatic carbocycles. The molecule has 5 heteroatoms. The minimum absolute atomic E-state index is 0.254. The Morgan fingerprint density at radius 2 is 0.783 bits per heavy atom. The van der Waals surface area contributed by atoms with Crippen LogP contribution in [0.5, 0.6) is 0 Å². The number of hydrogen-bond donors (Lipinski definition) is 0. The van der Waals surface area contributed by atoms with Crippen molar-refractivity contribution >= 4 is 11.9 Å². The molecule has 0 bridgehead atoms. The molecule has 270 valence electrons. The molecule has 0 aromatic rings. The SMILES string of the molecule is CCCCCCCC/C=C\CCCCCCCC(=O)OC(CCN(C)C)OC(=O)CCCCCCC/C=C\CCCCCCCC. The normalized spacial score (nSPS) is 11.9. The van der Waals surface area contributed by atoms with Crippen molar-refractivity contribution in [3.63, 3.8) is 0 Å². The Kier molecular flexibility index (Phi) is 34.9. The van der Waals surface area contributed by atoms with Gasteiger partial charge in [-0.05, 0) is 78.3 Å². The Bertz CT molecular complexity index is 663. The van der Waals surface area contributed by atoms with Crippen molar-refractivity contribution in [2.75, 3.05) is 20.6 Å². The molecule has 0 aliphatic rings. The zero-order chi connectivity index (χ0) is 33.8. The number of esters is 2. The summed E-state index contributed by atoms with van der Waals surface area (Å²) in [7, 11) is 3.94. The van der Waals surface area contributed by atoms with Crippen LogP contribution in [0.25, 0.3) is 0 Å². The van der Waals surface area contributed by atoms with Gasteiger partial charge in [0.2, 0.25) is 6.29 Å². The monoisotopic (exact) mass is 648 g/mol. The Morgan fingerprint density at radius 3 is 1.11 bits per heavy atom. The highest BCUT2D eigenvalue weighted by Gasteiger charge is 2.19. The quantitative estimate of drug-likeness (QED) is 0.0296. The van der Waals surface area contributed by atoms with Crippen LogP contribution in [-0.2, 0) is 19.1 Å². The molecule has 0 saturated carbocycles. The van der Waals surface area contributed by atoms with Gasteiger partial charge in [-0.2, -0.15) is 0 Å². The predicted octanol–water partition coefficient (Wildman–Crippen LogP) is 12.4. The summed E-state index contributed by atoms with van der Waals surface area (Å²) in [5.74, 6) is -0.509. The van der Waals surface area contributed by atoms with Crippen LogP contribution < -0.4 is 0 Å². The van der Waals surface area contributed by atoms with Gasteiger partial charge in [0, 0.05) is 25.8 Å². The van der Waals surface area contributed by atoms with E-state index in [0.29, 0.717) is 25.8 Å². The van der Waals surface area contributed by atoms with E-state index < -0.39 is 6.29 Å². The summed E-state index contributed by atoms with van der Waals surface area (Å²) >= 11 is 0. The molecule has 0 spiro atoms. The van der Waals surface area contributed by atoms with Gasteiger partial charge >= 0.3 is 11.9 Å². The fourth-order valence-electron chi connectivity index (χ4n) is 5.60. The number of ether oxygens (including phenoxy) is 2. The van der Waals surface area contributed by atoms with Crippen molar-refractivity contribution in [2.24, 2.45) is 0 Å². The van der Waals surface area contributed by atoms with Crippen molar-refractivity contribution in [1.82, 2.24) is 4.90 Å². The second kappa shape index (κ2) is 36.2. The van der Waals surface area contributed by atoms with Crippen LogP contribution >= 0.6 is 0 Å². The average molecular weight is 648 g/mol. The number of hydrogen-bond acceptors (Lipinski definition) is 5. The van der Waals surface area contributed by atoms with E-state index in [4.69, 9.17) is 9.47 Å². The molecule has 5 nitrogen and oxygen atoms in total. The first-order valence-electron chi connectivity index (χ1n) is 19.8. The van der Waals surface area contributed by atoms with E-state index >= 15 is 0 Å². The number of nitrogens with zero attached hydrogens (tertiary/aromatic N) is 1. The van der Waals surface area contributed by atoms with Crippen LogP contribution in [0.2, 0.25) is 0 Å². The molecule has 0 saturated heterocycles. The molecule has 0 N–H and O–H groups in total. The molecule has 0 heterocycles. The van der Waals surface area contributed by atoms with Gasteiger partial charge in [-0.3, -0.25) is 9.59 Å². The highest BCUT2D eigenvalue weighted by Crippen LogP contribution is 2.14. The molecule has 0 atom stereocenters. The first kappa shape index (κ1) is 44.4. The third-order valence-electron chi connectivity index (χ3n) is 8.62. The number of carbonyl (C=O) groups excluding carboxylic acids is 2. The van der Waals surface area contributed by atoms with Crippen LogP contribution in [0, 0.1) is 0 Å². The zero-order valence-corrected chi connectivity index (χ0v) is 31.2. The number of carbonyl (C=O) groups is 2. The van der Waals surface area contributed by atoms with Crippen molar-refractivity contribution in [3.05, 3.63) is 24.3 Å². The van der Waals surface area contributed by atoms with E-state index in [1.165, 1.54) is 116 Å². The number of rotatable bonds is 35. The lowest BCUT2D eigenvalue weighted by molar-refractivity contribution is -0.189. The Balaban J connectivity index is 3.89. The first-order valence-corrected chi connectivity index (χ1v) is 19.8.